The molecule has 11 aromatic carbocycles. The number of hydrogen-bond donors (Lipinski definition) is 0. The lowest BCUT2D eigenvalue weighted by Crippen LogP contribution is -2.28. The van der Waals surface area contributed by atoms with E-state index in [9.17, 15) is 0 Å². The summed E-state index contributed by atoms with van der Waals surface area (Å²) in [4.78, 5) is 2.43. The molecule has 0 amide bonds. The smallest absolute Gasteiger partial charge is 0.178 e. The van der Waals surface area contributed by atoms with Crippen molar-refractivity contribution in [3.05, 3.63) is 295 Å². The van der Waals surface area contributed by atoms with Crippen LogP contribution in [0.25, 0.3) is 55.6 Å². The summed E-state index contributed by atoms with van der Waals surface area (Å²) in [6, 6.07) is 97.9. The van der Waals surface area contributed by atoms with E-state index in [1.54, 1.807) is 0 Å². The molecule has 0 spiro atoms. The van der Waals surface area contributed by atoms with Gasteiger partial charge in [0.15, 0.2) is 23.0 Å². The van der Waals surface area contributed by atoms with Crippen molar-refractivity contribution in [1.82, 2.24) is 0 Å². The second-order valence-electron chi connectivity index (χ2n) is 17.9. The van der Waals surface area contributed by atoms with Crippen molar-refractivity contribution < 1.29 is 9.47 Å². The Hall–Kier alpha value is -9.18. The molecule has 0 saturated heterocycles. The van der Waals surface area contributed by atoms with E-state index in [2.05, 4.69) is 254 Å². The van der Waals surface area contributed by atoms with Gasteiger partial charge in [0.1, 0.15) is 0 Å². The van der Waals surface area contributed by atoms with Crippen LogP contribution in [0.2, 0.25) is 0 Å². The average molecular weight is 896 g/mol. The van der Waals surface area contributed by atoms with Gasteiger partial charge >= 0.3 is 0 Å². The van der Waals surface area contributed by atoms with Crippen LogP contribution in [0.1, 0.15) is 22.3 Å². The van der Waals surface area contributed by atoms with Gasteiger partial charge in [0.2, 0.25) is 0 Å². The van der Waals surface area contributed by atoms with Gasteiger partial charge in [-0.15, -0.1) is 0 Å². The third-order valence-corrected chi connectivity index (χ3v) is 14.0. The first-order valence-corrected chi connectivity index (χ1v) is 23.9. The molecular weight excluding hydrogens is 851 g/mol. The van der Waals surface area contributed by atoms with Gasteiger partial charge in [0.25, 0.3) is 0 Å². The van der Waals surface area contributed by atoms with E-state index in [4.69, 9.17) is 9.47 Å². The number of ether oxygens (including phenoxy) is 2. The molecule has 0 N–H and O–H groups in total. The second-order valence-corrected chi connectivity index (χ2v) is 17.9. The lowest BCUT2D eigenvalue weighted by Gasteiger charge is -2.35. The lowest BCUT2D eigenvalue weighted by atomic mass is 9.67. The maximum Gasteiger partial charge on any atom is 0.178 e. The van der Waals surface area contributed by atoms with E-state index in [0.29, 0.717) is 17.2 Å². The molecule has 1 aliphatic carbocycles. The Kier molecular flexibility index (Phi) is 10.1. The number of fused-ring (bicyclic) bond motifs is 6. The number of anilines is 3. The molecule has 1 unspecified atom stereocenters. The Morgan fingerprint density at radius 1 is 0.271 bits per heavy atom. The van der Waals surface area contributed by atoms with Crippen LogP contribution in [-0.4, -0.2) is 0 Å². The number of benzene rings is 11. The Morgan fingerprint density at radius 3 is 1.29 bits per heavy atom. The van der Waals surface area contributed by atoms with Crippen molar-refractivity contribution in [2.24, 2.45) is 0 Å². The van der Waals surface area contributed by atoms with Crippen molar-refractivity contribution >= 4 is 17.1 Å². The largest absolute Gasteiger partial charge is 0.449 e. The van der Waals surface area contributed by atoms with Crippen LogP contribution in [0.5, 0.6) is 23.0 Å². The van der Waals surface area contributed by atoms with E-state index in [-0.39, 0.29) is 0 Å². The van der Waals surface area contributed by atoms with Crippen LogP contribution in [0, 0.1) is 0 Å². The summed E-state index contributed by atoms with van der Waals surface area (Å²) in [5.41, 5.74) is 18.6. The lowest BCUT2D eigenvalue weighted by molar-refractivity contribution is 0.360. The van der Waals surface area contributed by atoms with E-state index >= 15 is 0 Å². The number of nitrogens with zero attached hydrogens (tertiary/aromatic N) is 1. The van der Waals surface area contributed by atoms with Crippen molar-refractivity contribution in [3.8, 4) is 78.6 Å². The van der Waals surface area contributed by atoms with Crippen LogP contribution < -0.4 is 14.4 Å². The molecule has 1 aliphatic heterocycles. The first-order chi connectivity index (χ1) is 34.7. The predicted octanol–water partition coefficient (Wildman–Crippen LogP) is 18.1. The Balaban J connectivity index is 1.03. The number of rotatable bonds is 9. The minimum absolute atomic E-state index is 0.704. The molecule has 1 atom stereocenters. The molecule has 3 nitrogen and oxygen atoms in total. The van der Waals surface area contributed by atoms with E-state index in [0.717, 1.165) is 78.4 Å². The Bertz CT molecular complexity index is 3630. The molecule has 0 fully saturated rings. The highest BCUT2D eigenvalue weighted by Gasteiger charge is 2.48. The highest BCUT2D eigenvalue weighted by molar-refractivity contribution is 5.98. The van der Waals surface area contributed by atoms with Crippen molar-refractivity contribution in [3.63, 3.8) is 0 Å². The topological polar surface area (TPSA) is 21.7 Å². The van der Waals surface area contributed by atoms with Gasteiger partial charge in [-0.1, -0.05) is 231 Å². The minimum atomic E-state index is -0.730. The molecule has 330 valence electrons. The van der Waals surface area contributed by atoms with Gasteiger partial charge in [0, 0.05) is 28.1 Å². The standard InChI is InChI=1S/C67H45NO2/c1-5-20-46(21-6-1)54-28-13-14-29-55(54)49-36-38-50(39-37-49)67(59-33-16-15-30-58(59)64-60(67)44-45-63-66(64)70-62-35-18-17-34-61(62)69-63)51-40-42-53(43-41-51)68(52-26-11-4-12-27-52)65-56(47-22-7-2-8-23-47)31-19-32-57(65)48-24-9-3-10-25-48/h1-45H. The third kappa shape index (κ3) is 6.74. The van der Waals surface area contributed by atoms with Gasteiger partial charge in [0.05, 0.1) is 11.1 Å². The fourth-order valence-electron chi connectivity index (χ4n) is 11.0. The molecule has 70 heavy (non-hydrogen) atoms. The molecule has 3 heteroatoms. The van der Waals surface area contributed by atoms with Crippen LogP contribution in [0.4, 0.5) is 17.1 Å². The molecule has 13 rings (SSSR count). The summed E-state index contributed by atoms with van der Waals surface area (Å²) in [6.07, 6.45) is 0. The normalized spacial score (nSPS) is 14.0. The fourth-order valence-corrected chi connectivity index (χ4v) is 11.0. The first-order valence-electron chi connectivity index (χ1n) is 23.9. The fraction of sp³-hybridized carbons (Fsp3) is 0.0149. The molecule has 1 heterocycles. The zero-order chi connectivity index (χ0) is 46.4. The molecule has 0 radical (unpaired) electrons. The Morgan fingerprint density at radius 2 is 0.700 bits per heavy atom. The summed E-state index contributed by atoms with van der Waals surface area (Å²) in [7, 11) is 0. The minimum Gasteiger partial charge on any atom is -0.449 e. The number of hydrogen-bond acceptors (Lipinski definition) is 3. The molecule has 11 aromatic rings. The van der Waals surface area contributed by atoms with Crippen molar-refractivity contribution in [2.45, 2.75) is 5.41 Å². The zero-order valence-corrected chi connectivity index (χ0v) is 38.2. The summed E-state index contributed by atoms with van der Waals surface area (Å²) >= 11 is 0. The quantitative estimate of drug-likeness (QED) is 0.144. The highest BCUT2D eigenvalue weighted by atomic mass is 16.6. The average Bonchev–Trinajstić information content (AvgIpc) is 3.75. The highest BCUT2D eigenvalue weighted by Crippen LogP contribution is 2.62. The second kappa shape index (κ2) is 17.2. The van der Waals surface area contributed by atoms with Crippen LogP contribution in [-0.2, 0) is 5.41 Å². The van der Waals surface area contributed by atoms with Crippen LogP contribution in [0.15, 0.2) is 273 Å². The summed E-state index contributed by atoms with van der Waals surface area (Å²) in [5.74, 6) is 2.85. The van der Waals surface area contributed by atoms with Gasteiger partial charge < -0.3 is 14.4 Å². The van der Waals surface area contributed by atoms with Crippen molar-refractivity contribution in [2.75, 3.05) is 4.90 Å². The molecule has 0 saturated carbocycles. The maximum absolute atomic E-state index is 6.89. The van der Waals surface area contributed by atoms with Gasteiger partial charge in [-0.05, 0) is 104 Å². The van der Waals surface area contributed by atoms with Gasteiger partial charge in [-0.3, -0.25) is 0 Å². The zero-order valence-electron chi connectivity index (χ0n) is 38.2. The van der Waals surface area contributed by atoms with Gasteiger partial charge in [-0.2, -0.15) is 0 Å². The SMILES string of the molecule is c1ccc(-c2ccccc2-c2ccc(C3(c4ccc(N(c5ccccc5)c5c(-c6ccccc6)cccc5-c5ccccc5)cc4)c4ccccc4-c4c3ccc3c4Oc4ccccc4O3)cc2)cc1. The molecular formula is C67H45NO2. The van der Waals surface area contributed by atoms with E-state index in [1.165, 1.54) is 22.3 Å². The van der Waals surface area contributed by atoms with E-state index < -0.39 is 5.41 Å². The maximum atomic E-state index is 6.89. The summed E-state index contributed by atoms with van der Waals surface area (Å²) < 4.78 is 13.5. The van der Waals surface area contributed by atoms with Gasteiger partial charge in [-0.25, -0.2) is 0 Å². The number of para-hydroxylation sites is 4. The Labute approximate surface area is 408 Å². The summed E-state index contributed by atoms with van der Waals surface area (Å²) in [6.45, 7) is 0. The first kappa shape index (κ1) is 41.0. The summed E-state index contributed by atoms with van der Waals surface area (Å²) in [5, 5.41) is 0. The third-order valence-electron chi connectivity index (χ3n) is 14.0. The van der Waals surface area contributed by atoms with Crippen LogP contribution >= 0.6 is 0 Å². The molecule has 2 aliphatic rings. The predicted molar refractivity (Wildman–Crippen MR) is 287 cm³/mol. The monoisotopic (exact) mass is 895 g/mol. The molecule has 0 aromatic heterocycles. The van der Waals surface area contributed by atoms with Crippen LogP contribution in [0.3, 0.4) is 0 Å². The molecule has 0 bridgehead atoms. The van der Waals surface area contributed by atoms with Crippen molar-refractivity contribution in [1.29, 1.82) is 0 Å². The van der Waals surface area contributed by atoms with E-state index in [1.807, 2.05) is 24.3 Å².